The number of nitrogens with zero attached hydrogens (tertiary/aromatic N) is 1. The van der Waals surface area contributed by atoms with Crippen LogP contribution < -0.4 is 10.1 Å². The number of carbonyl (C=O) groups excluding carboxylic acids is 1. The number of H-pyrrole nitrogens is 1. The fourth-order valence-corrected chi connectivity index (χ4v) is 3.98. The number of nitrogens with one attached hydrogen (secondary N) is 2. The molecule has 4 rings (SSSR count). The van der Waals surface area contributed by atoms with E-state index in [-0.39, 0.29) is 28.8 Å². The fourth-order valence-electron chi connectivity index (χ4n) is 3.12. The molecule has 0 saturated heterocycles. The summed E-state index contributed by atoms with van der Waals surface area (Å²) < 4.78 is 41.4. The van der Waals surface area contributed by atoms with Gasteiger partial charge in [0.2, 0.25) is 5.91 Å². The lowest BCUT2D eigenvalue weighted by atomic mass is 10.2. The lowest BCUT2D eigenvalue weighted by molar-refractivity contribution is -0.152. The maximum atomic E-state index is 12.5. The van der Waals surface area contributed by atoms with Crippen LogP contribution in [-0.4, -0.2) is 28.7 Å². The van der Waals surface area contributed by atoms with Crippen molar-refractivity contribution in [1.29, 1.82) is 0 Å². The number of thiophene rings is 1. The molecule has 3 atom stereocenters. The Morgan fingerprint density at radius 3 is 2.89 bits per heavy atom. The van der Waals surface area contributed by atoms with Crippen molar-refractivity contribution >= 4 is 28.3 Å². The topological polar surface area (TPSA) is 67.0 Å². The molecule has 1 fully saturated rings. The van der Waals surface area contributed by atoms with Crippen LogP contribution in [0.3, 0.4) is 0 Å². The molecule has 0 bridgehead atoms. The zero-order chi connectivity index (χ0) is 19.9. The lowest BCUT2D eigenvalue weighted by Gasteiger charge is -2.12. The van der Waals surface area contributed by atoms with E-state index >= 15 is 0 Å². The third-order valence-corrected chi connectivity index (χ3v) is 5.83. The van der Waals surface area contributed by atoms with Gasteiger partial charge in [0.15, 0.2) is 11.7 Å². The molecule has 2 heterocycles. The molecule has 28 heavy (non-hydrogen) atoms. The highest BCUT2D eigenvalue weighted by Crippen LogP contribution is 2.47. The van der Waals surface area contributed by atoms with Gasteiger partial charge < -0.3 is 15.0 Å². The largest absolute Gasteiger partial charge is 0.475 e. The first-order chi connectivity index (χ1) is 13.3. The smallest absolute Gasteiger partial charge is 0.422 e. The highest BCUT2D eigenvalue weighted by molar-refractivity contribution is 7.13. The van der Waals surface area contributed by atoms with Crippen molar-refractivity contribution < 1.29 is 22.7 Å². The van der Waals surface area contributed by atoms with Gasteiger partial charge in [0, 0.05) is 16.7 Å². The van der Waals surface area contributed by atoms with E-state index in [1.165, 1.54) is 6.07 Å². The maximum Gasteiger partial charge on any atom is 0.422 e. The van der Waals surface area contributed by atoms with Crippen molar-refractivity contribution in [2.75, 3.05) is 6.61 Å². The molecule has 5 nitrogen and oxygen atoms in total. The number of aromatic amines is 1. The van der Waals surface area contributed by atoms with E-state index in [0.29, 0.717) is 0 Å². The van der Waals surface area contributed by atoms with Crippen molar-refractivity contribution in [2.45, 2.75) is 31.5 Å². The van der Waals surface area contributed by atoms with Gasteiger partial charge in [-0.15, -0.1) is 11.3 Å². The zero-order valence-corrected chi connectivity index (χ0v) is 15.7. The number of imidazole rings is 1. The van der Waals surface area contributed by atoms with Crippen molar-refractivity contribution in [1.82, 2.24) is 15.3 Å². The third kappa shape index (κ3) is 4.14. The summed E-state index contributed by atoms with van der Waals surface area (Å²) in [5.74, 6) is 0.648. The number of ether oxygens (including phenoxy) is 1. The van der Waals surface area contributed by atoms with Crippen molar-refractivity contribution in [2.24, 2.45) is 5.92 Å². The van der Waals surface area contributed by atoms with E-state index in [9.17, 15) is 18.0 Å². The average molecular weight is 409 g/mol. The molecule has 3 aromatic rings. The summed E-state index contributed by atoms with van der Waals surface area (Å²) in [5.41, 5.74) is 1.82. The Hall–Kier alpha value is -2.55. The van der Waals surface area contributed by atoms with Crippen LogP contribution in [0.25, 0.3) is 11.0 Å². The molecule has 1 saturated carbocycles. The Morgan fingerprint density at radius 1 is 1.36 bits per heavy atom. The summed E-state index contributed by atoms with van der Waals surface area (Å²) in [7, 11) is 0. The van der Waals surface area contributed by atoms with Crippen LogP contribution in [0.1, 0.15) is 36.0 Å². The van der Waals surface area contributed by atoms with Gasteiger partial charge in [-0.1, -0.05) is 12.1 Å². The van der Waals surface area contributed by atoms with E-state index < -0.39 is 12.8 Å². The second-order valence-electron chi connectivity index (χ2n) is 6.88. The summed E-state index contributed by atoms with van der Waals surface area (Å²) in [6.45, 7) is 0.477. The van der Waals surface area contributed by atoms with Gasteiger partial charge in [0.25, 0.3) is 0 Å². The van der Waals surface area contributed by atoms with Gasteiger partial charge in [-0.25, -0.2) is 4.98 Å². The molecule has 1 amide bonds. The predicted molar refractivity (Wildman–Crippen MR) is 99.4 cm³/mol. The highest BCUT2D eigenvalue weighted by atomic mass is 32.1. The Kier molecular flexibility index (Phi) is 4.78. The number of aromatic nitrogens is 2. The van der Waals surface area contributed by atoms with E-state index in [4.69, 9.17) is 4.74 Å². The molecule has 9 heteroatoms. The molecule has 2 aromatic heterocycles. The van der Waals surface area contributed by atoms with Crippen molar-refractivity contribution in [3.63, 3.8) is 0 Å². The first kappa shape index (κ1) is 18.8. The minimum atomic E-state index is -4.37. The number of alkyl halides is 3. The summed E-state index contributed by atoms with van der Waals surface area (Å²) in [4.78, 5) is 21.1. The maximum absolute atomic E-state index is 12.5. The van der Waals surface area contributed by atoms with Crippen LogP contribution in [0.4, 0.5) is 13.2 Å². The molecule has 0 unspecified atom stereocenters. The SMILES string of the molecule is C[C@H](NC(=O)[C@H]1C[C@@H]1c1nc2ccccc2[nH]1)c1ccc(OCC(F)(F)F)s1. The molecule has 0 radical (unpaired) electrons. The van der Waals surface area contributed by atoms with E-state index in [1.807, 2.05) is 24.3 Å². The first-order valence-corrected chi connectivity index (χ1v) is 9.66. The lowest BCUT2D eigenvalue weighted by Crippen LogP contribution is -2.28. The monoisotopic (exact) mass is 409 g/mol. The quantitative estimate of drug-likeness (QED) is 0.628. The van der Waals surface area contributed by atoms with Crippen LogP contribution in [-0.2, 0) is 4.79 Å². The third-order valence-electron chi connectivity index (χ3n) is 4.65. The molecule has 2 N–H and O–H groups in total. The number of rotatable bonds is 6. The minimum Gasteiger partial charge on any atom is -0.475 e. The number of carbonyl (C=O) groups is 1. The Balaban J connectivity index is 1.33. The molecular weight excluding hydrogens is 391 g/mol. The Bertz CT molecular complexity index is 965. The average Bonchev–Trinajstić information content (AvgIpc) is 3.11. The van der Waals surface area contributed by atoms with Crippen LogP contribution in [0, 0.1) is 5.92 Å². The van der Waals surface area contributed by atoms with Gasteiger partial charge in [-0.2, -0.15) is 13.2 Å². The summed E-state index contributed by atoms with van der Waals surface area (Å²) in [5, 5.41) is 3.11. The first-order valence-electron chi connectivity index (χ1n) is 8.84. The van der Waals surface area contributed by atoms with E-state index in [2.05, 4.69) is 15.3 Å². The Morgan fingerprint density at radius 2 is 2.14 bits per heavy atom. The highest BCUT2D eigenvalue weighted by Gasteiger charge is 2.46. The number of amides is 1. The van der Waals surface area contributed by atoms with Crippen LogP contribution >= 0.6 is 11.3 Å². The molecule has 1 aliphatic rings. The molecule has 1 aliphatic carbocycles. The zero-order valence-electron chi connectivity index (χ0n) is 14.9. The second-order valence-corrected chi connectivity index (χ2v) is 7.96. The van der Waals surface area contributed by atoms with Gasteiger partial charge >= 0.3 is 6.18 Å². The number of para-hydroxylation sites is 2. The number of halogens is 3. The summed E-state index contributed by atoms with van der Waals surface area (Å²) >= 11 is 1.10. The van der Waals surface area contributed by atoms with Gasteiger partial charge in [0.05, 0.1) is 17.1 Å². The van der Waals surface area contributed by atoms with E-state index in [0.717, 1.165) is 39.5 Å². The molecule has 0 spiro atoms. The summed E-state index contributed by atoms with van der Waals surface area (Å²) in [6, 6.07) is 10.6. The summed E-state index contributed by atoms with van der Waals surface area (Å²) in [6.07, 6.45) is -3.65. The minimum absolute atomic E-state index is 0.0635. The van der Waals surface area contributed by atoms with Crippen molar-refractivity contribution in [3.8, 4) is 5.06 Å². The van der Waals surface area contributed by atoms with Crippen LogP contribution in [0.5, 0.6) is 5.06 Å². The molecule has 148 valence electrons. The van der Waals surface area contributed by atoms with Crippen LogP contribution in [0.2, 0.25) is 0 Å². The fraction of sp³-hybridized carbons (Fsp3) is 0.368. The molecule has 1 aromatic carbocycles. The predicted octanol–water partition coefficient (Wildman–Crippen LogP) is 4.55. The number of hydrogen-bond acceptors (Lipinski definition) is 4. The van der Waals surface area contributed by atoms with Crippen LogP contribution in [0.15, 0.2) is 36.4 Å². The van der Waals surface area contributed by atoms with Gasteiger partial charge in [-0.05, 0) is 37.6 Å². The van der Waals surface area contributed by atoms with Gasteiger partial charge in [0.1, 0.15) is 5.82 Å². The van der Waals surface area contributed by atoms with E-state index in [1.54, 1.807) is 13.0 Å². The Labute approximate surface area is 162 Å². The van der Waals surface area contributed by atoms with Gasteiger partial charge in [-0.3, -0.25) is 4.79 Å². The van der Waals surface area contributed by atoms with Crippen molar-refractivity contribution in [3.05, 3.63) is 47.1 Å². The number of fused-ring (bicyclic) bond motifs is 1. The molecule has 0 aliphatic heterocycles. The normalized spacial score (nSPS) is 20.1. The standard InChI is InChI=1S/C19H18F3N3O2S/c1-10(15-6-7-16(28-15)27-9-19(20,21)22)23-18(26)12-8-11(12)17-24-13-4-2-3-5-14(13)25-17/h2-7,10-12H,8-9H2,1H3,(H,23,26)(H,24,25)/t10-,11-,12-/m0/s1. The number of hydrogen-bond donors (Lipinski definition) is 2. The molecular formula is C19H18F3N3O2S. The second kappa shape index (κ2) is 7.12. The number of benzene rings is 1.